The van der Waals surface area contributed by atoms with Crippen molar-refractivity contribution in [2.75, 3.05) is 17.7 Å². The minimum atomic E-state index is -0.714. The second-order valence-corrected chi connectivity index (χ2v) is 7.95. The van der Waals surface area contributed by atoms with Crippen LogP contribution in [-0.2, 0) is 17.9 Å². The average molecular weight is 437 g/mol. The first-order valence-corrected chi connectivity index (χ1v) is 10.3. The molecule has 0 atom stereocenters. The zero-order valence-electron chi connectivity index (χ0n) is 18.0. The SMILES string of the molecule is CCCCn1c(N)c(N(C)C(=O)/C=C/c2c(C)nn(CC(C)C)c2Cl)c(=O)[nH]c1=O. The van der Waals surface area contributed by atoms with Crippen LogP contribution in [0.4, 0.5) is 11.5 Å². The van der Waals surface area contributed by atoms with Gasteiger partial charge in [0, 0.05) is 31.8 Å². The molecule has 2 heterocycles. The van der Waals surface area contributed by atoms with Crippen LogP contribution in [0.3, 0.4) is 0 Å². The summed E-state index contributed by atoms with van der Waals surface area (Å²) in [6.07, 6.45) is 4.43. The standard InChI is InChI=1S/C20H29ClN6O3/c1-6-7-10-26-18(22)16(19(29)23-20(26)30)25(5)15(28)9-8-14-13(4)24-27(17(14)21)11-12(2)3/h8-9,12H,6-7,10-11,22H2,1-5H3,(H,23,29,30)/b9-8+. The molecule has 1 amide bonds. The van der Waals surface area contributed by atoms with Crippen molar-refractivity contribution in [1.82, 2.24) is 19.3 Å². The van der Waals surface area contributed by atoms with Gasteiger partial charge < -0.3 is 10.6 Å². The van der Waals surface area contributed by atoms with Crippen molar-refractivity contribution in [3.05, 3.63) is 43.3 Å². The molecule has 2 rings (SSSR count). The fourth-order valence-corrected chi connectivity index (χ4v) is 3.35. The molecule has 2 aromatic rings. The number of amides is 1. The van der Waals surface area contributed by atoms with E-state index in [1.165, 1.54) is 17.7 Å². The lowest BCUT2D eigenvalue weighted by Gasteiger charge is -2.19. The van der Waals surface area contributed by atoms with Crippen LogP contribution in [0.15, 0.2) is 15.7 Å². The molecule has 0 aliphatic carbocycles. The number of nitrogens with one attached hydrogen (secondary N) is 1. The van der Waals surface area contributed by atoms with Crippen LogP contribution in [0.2, 0.25) is 5.15 Å². The van der Waals surface area contributed by atoms with Crippen LogP contribution in [-0.4, -0.2) is 32.3 Å². The zero-order chi connectivity index (χ0) is 22.6. The van der Waals surface area contributed by atoms with E-state index < -0.39 is 17.2 Å². The Hall–Kier alpha value is -2.81. The summed E-state index contributed by atoms with van der Waals surface area (Å²) in [5.41, 5.74) is 6.01. The van der Waals surface area contributed by atoms with Crippen molar-refractivity contribution in [3.8, 4) is 0 Å². The third kappa shape index (κ3) is 5.02. The van der Waals surface area contributed by atoms with Crippen molar-refractivity contribution in [2.24, 2.45) is 5.92 Å². The number of hydrogen-bond acceptors (Lipinski definition) is 5. The van der Waals surface area contributed by atoms with Crippen LogP contribution in [0.5, 0.6) is 0 Å². The van der Waals surface area contributed by atoms with Crippen LogP contribution >= 0.6 is 11.6 Å². The molecule has 0 radical (unpaired) electrons. The molecule has 9 nitrogen and oxygen atoms in total. The number of likely N-dealkylation sites (N-methyl/N-ethyl adjacent to an activating group) is 1. The minimum Gasteiger partial charge on any atom is -0.383 e. The lowest BCUT2D eigenvalue weighted by molar-refractivity contribution is -0.113. The number of nitrogens with zero attached hydrogens (tertiary/aromatic N) is 4. The van der Waals surface area contributed by atoms with E-state index in [1.807, 2.05) is 13.8 Å². The number of H-pyrrole nitrogens is 1. The first kappa shape index (κ1) is 23.5. The Bertz CT molecular complexity index is 1060. The summed E-state index contributed by atoms with van der Waals surface area (Å²) >= 11 is 6.40. The molecular weight excluding hydrogens is 408 g/mol. The van der Waals surface area contributed by atoms with Crippen LogP contribution < -0.4 is 21.9 Å². The maximum Gasteiger partial charge on any atom is 0.330 e. The van der Waals surface area contributed by atoms with Gasteiger partial charge in [-0.25, -0.2) is 4.79 Å². The molecule has 164 valence electrons. The summed E-state index contributed by atoms with van der Waals surface area (Å²) in [5, 5.41) is 4.85. The Morgan fingerprint density at radius 2 is 2.03 bits per heavy atom. The van der Waals surface area contributed by atoms with E-state index >= 15 is 0 Å². The highest BCUT2D eigenvalue weighted by atomic mass is 35.5. The highest BCUT2D eigenvalue weighted by Crippen LogP contribution is 2.23. The molecule has 0 bridgehead atoms. The number of halogens is 1. The van der Waals surface area contributed by atoms with Crippen molar-refractivity contribution < 1.29 is 4.79 Å². The smallest absolute Gasteiger partial charge is 0.330 e. The molecule has 0 aliphatic heterocycles. The zero-order valence-corrected chi connectivity index (χ0v) is 18.8. The van der Waals surface area contributed by atoms with Gasteiger partial charge in [0.05, 0.1) is 5.69 Å². The number of anilines is 2. The fourth-order valence-electron chi connectivity index (χ4n) is 3.04. The van der Waals surface area contributed by atoms with Gasteiger partial charge in [-0.2, -0.15) is 5.10 Å². The third-order valence-corrected chi connectivity index (χ3v) is 5.05. The number of nitrogens with two attached hydrogens (primary N) is 1. The van der Waals surface area contributed by atoms with E-state index in [-0.39, 0.29) is 11.5 Å². The number of unbranched alkanes of at least 4 members (excludes halogenated alkanes) is 1. The Morgan fingerprint density at radius 3 is 2.63 bits per heavy atom. The molecule has 0 saturated carbocycles. The second-order valence-electron chi connectivity index (χ2n) is 7.59. The molecule has 2 aromatic heterocycles. The third-order valence-electron chi connectivity index (χ3n) is 4.66. The van der Waals surface area contributed by atoms with E-state index in [0.717, 1.165) is 11.3 Å². The van der Waals surface area contributed by atoms with Crippen LogP contribution in [0, 0.1) is 12.8 Å². The monoisotopic (exact) mass is 436 g/mol. The van der Waals surface area contributed by atoms with Crippen molar-refractivity contribution in [1.29, 1.82) is 0 Å². The van der Waals surface area contributed by atoms with Gasteiger partial charge in [0.15, 0.2) is 5.69 Å². The minimum absolute atomic E-state index is 0.0413. The number of carbonyl (C=O) groups excluding carboxylic acids is 1. The highest BCUT2D eigenvalue weighted by Gasteiger charge is 2.20. The number of hydrogen-bond donors (Lipinski definition) is 2. The van der Waals surface area contributed by atoms with E-state index in [4.69, 9.17) is 17.3 Å². The molecule has 0 fully saturated rings. The van der Waals surface area contributed by atoms with Gasteiger partial charge in [0.2, 0.25) is 0 Å². The molecule has 0 aliphatic rings. The summed E-state index contributed by atoms with van der Waals surface area (Å²) in [6, 6.07) is 0. The molecule has 3 N–H and O–H groups in total. The molecule has 0 aromatic carbocycles. The second kappa shape index (κ2) is 9.80. The first-order chi connectivity index (χ1) is 14.1. The molecule has 0 spiro atoms. The van der Waals surface area contributed by atoms with Crippen molar-refractivity contribution in [3.63, 3.8) is 0 Å². The van der Waals surface area contributed by atoms with E-state index in [1.54, 1.807) is 10.8 Å². The Labute approximate surface area is 180 Å². The quantitative estimate of drug-likeness (QED) is 0.616. The van der Waals surface area contributed by atoms with E-state index in [2.05, 4.69) is 23.9 Å². The normalized spacial score (nSPS) is 11.6. The van der Waals surface area contributed by atoms with Crippen molar-refractivity contribution >= 4 is 35.1 Å². The maximum absolute atomic E-state index is 12.7. The lowest BCUT2D eigenvalue weighted by Crippen LogP contribution is -2.38. The van der Waals surface area contributed by atoms with Crippen LogP contribution in [0.1, 0.15) is 44.9 Å². The maximum atomic E-state index is 12.7. The molecule has 10 heteroatoms. The summed E-state index contributed by atoms with van der Waals surface area (Å²) in [6.45, 7) is 8.92. The Kier molecular flexibility index (Phi) is 7.66. The number of rotatable bonds is 8. The predicted octanol–water partition coefficient (Wildman–Crippen LogP) is 2.41. The summed E-state index contributed by atoms with van der Waals surface area (Å²) in [5.74, 6) is -0.162. The number of carbonyl (C=O) groups is 1. The van der Waals surface area contributed by atoms with Gasteiger partial charge in [-0.15, -0.1) is 0 Å². The Balaban J connectivity index is 2.34. The first-order valence-electron chi connectivity index (χ1n) is 9.89. The van der Waals surface area contributed by atoms with Gasteiger partial charge in [-0.05, 0) is 25.3 Å². The molecule has 0 unspecified atom stereocenters. The van der Waals surface area contributed by atoms with Gasteiger partial charge in [-0.1, -0.05) is 38.8 Å². The van der Waals surface area contributed by atoms with Crippen LogP contribution in [0.25, 0.3) is 6.08 Å². The van der Waals surface area contributed by atoms with E-state index in [9.17, 15) is 14.4 Å². The molecular formula is C20H29ClN6O3. The summed E-state index contributed by atoms with van der Waals surface area (Å²) in [4.78, 5) is 40.4. The highest BCUT2D eigenvalue weighted by molar-refractivity contribution is 6.31. The number of aryl methyl sites for hydroxylation is 1. The number of aromatic amines is 1. The van der Waals surface area contributed by atoms with Crippen molar-refractivity contribution in [2.45, 2.75) is 53.6 Å². The van der Waals surface area contributed by atoms with Gasteiger partial charge in [-0.3, -0.25) is 23.8 Å². The topological polar surface area (TPSA) is 119 Å². The van der Waals surface area contributed by atoms with Gasteiger partial charge in [0.1, 0.15) is 11.0 Å². The lowest BCUT2D eigenvalue weighted by atomic mass is 10.2. The number of nitrogen functional groups attached to an aromatic ring is 1. The average Bonchev–Trinajstić information content (AvgIpc) is 2.91. The Morgan fingerprint density at radius 1 is 1.37 bits per heavy atom. The number of aromatic nitrogens is 4. The predicted molar refractivity (Wildman–Crippen MR) is 120 cm³/mol. The largest absolute Gasteiger partial charge is 0.383 e. The molecule has 30 heavy (non-hydrogen) atoms. The summed E-state index contributed by atoms with van der Waals surface area (Å²) in [7, 11) is 1.43. The fraction of sp³-hybridized carbons (Fsp3) is 0.500. The van der Waals surface area contributed by atoms with Gasteiger partial charge >= 0.3 is 5.69 Å². The van der Waals surface area contributed by atoms with Gasteiger partial charge in [0.25, 0.3) is 11.5 Å². The van der Waals surface area contributed by atoms with E-state index in [0.29, 0.717) is 41.8 Å². The summed E-state index contributed by atoms with van der Waals surface area (Å²) < 4.78 is 2.96. The molecule has 0 saturated heterocycles.